The predicted octanol–water partition coefficient (Wildman–Crippen LogP) is 1.88. The van der Waals surface area contributed by atoms with Crippen molar-refractivity contribution < 1.29 is 4.79 Å². The molecule has 20 heavy (non-hydrogen) atoms. The van der Waals surface area contributed by atoms with Crippen molar-refractivity contribution in [2.45, 2.75) is 70.4 Å². The number of nitrogens with one attached hydrogen (secondary N) is 1. The number of carbonyl (C=O) groups excluding carboxylic acids is 1. The molecule has 0 spiro atoms. The van der Waals surface area contributed by atoms with Crippen molar-refractivity contribution in [1.29, 1.82) is 0 Å². The van der Waals surface area contributed by atoms with Crippen LogP contribution in [0.15, 0.2) is 0 Å². The van der Waals surface area contributed by atoms with Crippen LogP contribution in [0.1, 0.15) is 58.8 Å². The third-order valence-electron chi connectivity index (χ3n) is 5.02. The molecule has 0 aliphatic heterocycles. The summed E-state index contributed by atoms with van der Waals surface area (Å²) in [5.41, 5.74) is 5.28. The zero-order chi connectivity index (χ0) is 14.6. The molecule has 0 heterocycles. The molecule has 0 aromatic heterocycles. The summed E-state index contributed by atoms with van der Waals surface area (Å²) < 4.78 is 0. The standard InChI is InChI=1S/C16H31N3O/c1-3-10-18-16(15(17)20)9-5-6-14(11-16)19(4-2)12-13-7-8-13/h13-14,18H,3-12H2,1-2H3,(H2,17,20). The highest BCUT2D eigenvalue weighted by Gasteiger charge is 2.42. The molecule has 2 aliphatic carbocycles. The Kier molecular flexibility index (Phi) is 5.44. The second kappa shape index (κ2) is 6.90. The van der Waals surface area contributed by atoms with Gasteiger partial charge in [-0.25, -0.2) is 0 Å². The van der Waals surface area contributed by atoms with Gasteiger partial charge in [-0.2, -0.15) is 0 Å². The topological polar surface area (TPSA) is 58.4 Å². The van der Waals surface area contributed by atoms with Crippen molar-refractivity contribution in [3.63, 3.8) is 0 Å². The number of hydrogen-bond acceptors (Lipinski definition) is 3. The Morgan fingerprint density at radius 2 is 2.10 bits per heavy atom. The molecule has 2 saturated carbocycles. The minimum atomic E-state index is -0.462. The summed E-state index contributed by atoms with van der Waals surface area (Å²) in [6.45, 7) is 7.55. The van der Waals surface area contributed by atoms with Crippen LogP contribution in [0.2, 0.25) is 0 Å². The molecular formula is C16H31N3O. The van der Waals surface area contributed by atoms with Gasteiger partial charge in [0.25, 0.3) is 0 Å². The zero-order valence-corrected chi connectivity index (χ0v) is 13.2. The average Bonchev–Trinajstić information content (AvgIpc) is 3.26. The SMILES string of the molecule is CCCNC1(C(N)=O)CCCC(N(CC)CC2CC2)C1. The van der Waals surface area contributed by atoms with Crippen LogP contribution < -0.4 is 11.1 Å². The van der Waals surface area contributed by atoms with E-state index in [0.717, 1.165) is 44.7 Å². The smallest absolute Gasteiger partial charge is 0.237 e. The number of amides is 1. The third-order valence-corrected chi connectivity index (χ3v) is 5.02. The molecular weight excluding hydrogens is 250 g/mol. The van der Waals surface area contributed by atoms with Crippen LogP contribution in [0.5, 0.6) is 0 Å². The lowest BCUT2D eigenvalue weighted by Gasteiger charge is -2.43. The fourth-order valence-corrected chi connectivity index (χ4v) is 3.56. The minimum absolute atomic E-state index is 0.155. The van der Waals surface area contributed by atoms with Crippen molar-refractivity contribution in [2.75, 3.05) is 19.6 Å². The van der Waals surface area contributed by atoms with E-state index in [1.165, 1.54) is 25.8 Å². The van der Waals surface area contributed by atoms with Crippen molar-refractivity contribution in [2.24, 2.45) is 11.7 Å². The van der Waals surface area contributed by atoms with Gasteiger partial charge in [0.1, 0.15) is 0 Å². The van der Waals surface area contributed by atoms with Gasteiger partial charge in [-0.15, -0.1) is 0 Å². The van der Waals surface area contributed by atoms with E-state index >= 15 is 0 Å². The average molecular weight is 281 g/mol. The second-order valence-electron chi connectivity index (χ2n) is 6.65. The van der Waals surface area contributed by atoms with Crippen LogP contribution in [0.3, 0.4) is 0 Å². The van der Waals surface area contributed by atoms with Crippen LogP contribution in [0.4, 0.5) is 0 Å². The summed E-state index contributed by atoms with van der Waals surface area (Å²) in [6, 6.07) is 0.520. The minimum Gasteiger partial charge on any atom is -0.368 e. The summed E-state index contributed by atoms with van der Waals surface area (Å²) in [4.78, 5) is 14.6. The number of nitrogens with two attached hydrogens (primary N) is 1. The number of primary amides is 1. The molecule has 0 saturated heterocycles. The van der Waals surface area contributed by atoms with Gasteiger partial charge in [-0.05, 0) is 64.0 Å². The van der Waals surface area contributed by atoms with Gasteiger partial charge in [-0.3, -0.25) is 4.79 Å². The van der Waals surface area contributed by atoms with E-state index in [1.54, 1.807) is 0 Å². The normalized spacial score (nSPS) is 30.6. The second-order valence-corrected chi connectivity index (χ2v) is 6.65. The molecule has 1 amide bonds. The van der Waals surface area contributed by atoms with Crippen molar-refractivity contribution in [1.82, 2.24) is 10.2 Å². The number of nitrogens with zero attached hydrogens (tertiary/aromatic N) is 1. The quantitative estimate of drug-likeness (QED) is 0.714. The van der Waals surface area contributed by atoms with Crippen LogP contribution in [-0.4, -0.2) is 42.0 Å². The molecule has 2 unspecified atom stereocenters. The summed E-state index contributed by atoms with van der Waals surface area (Å²) in [6.07, 6.45) is 7.92. The first-order valence-electron chi connectivity index (χ1n) is 8.40. The van der Waals surface area contributed by atoms with E-state index in [9.17, 15) is 4.79 Å². The van der Waals surface area contributed by atoms with Crippen molar-refractivity contribution in [3.8, 4) is 0 Å². The van der Waals surface area contributed by atoms with Crippen molar-refractivity contribution >= 4 is 5.91 Å². The molecule has 0 bridgehead atoms. The number of hydrogen-bond donors (Lipinski definition) is 2. The van der Waals surface area contributed by atoms with Gasteiger partial charge >= 0.3 is 0 Å². The molecule has 4 nitrogen and oxygen atoms in total. The molecule has 3 N–H and O–H groups in total. The van der Waals surface area contributed by atoms with Gasteiger partial charge in [0.05, 0.1) is 5.54 Å². The monoisotopic (exact) mass is 281 g/mol. The Morgan fingerprint density at radius 3 is 2.65 bits per heavy atom. The van der Waals surface area contributed by atoms with Crippen LogP contribution in [-0.2, 0) is 4.79 Å². The summed E-state index contributed by atoms with van der Waals surface area (Å²) in [7, 11) is 0. The maximum atomic E-state index is 12.0. The van der Waals surface area contributed by atoms with E-state index in [2.05, 4.69) is 24.1 Å². The van der Waals surface area contributed by atoms with E-state index in [4.69, 9.17) is 5.73 Å². The highest BCUT2D eigenvalue weighted by atomic mass is 16.1. The Morgan fingerprint density at radius 1 is 1.35 bits per heavy atom. The van der Waals surface area contributed by atoms with E-state index < -0.39 is 5.54 Å². The Bertz CT molecular complexity index is 330. The van der Waals surface area contributed by atoms with Crippen molar-refractivity contribution in [3.05, 3.63) is 0 Å². The summed E-state index contributed by atoms with van der Waals surface area (Å²) in [5, 5.41) is 3.46. The van der Waals surface area contributed by atoms with Gasteiger partial charge < -0.3 is 16.0 Å². The number of carbonyl (C=O) groups is 1. The Labute approximate surface area is 123 Å². The largest absolute Gasteiger partial charge is 0.368 e. The molecule has 0 aromatic rings. The predicted molar refractivity (Wildman–Crippen MR) is 82.4 cm³/mol. The highest BCUT2D eigenvalue weighted by molar-refractivity contribution is 5.84. The first kappa shape index (κ1) is 15.8. The van der Waals surface area contributed by atoms with E-state index in [-0.39, 0.29) is 5.91 Å². The summed E-state index contributed by atoms with van der Waals surface area (Å²) >= 11 is 0. The first-order valence-corrected chi connectivity index (χ1v) is 8.40. The fourth-order valence-electron chi connectivity index (χ4n) is 3.56. The Hall–Kier alpha value is -0.610. The third kappa shape index (κ3) is 3.73. The first-order chi connectivity index (χ1) is 9.61. The molecule has 2 rings (SSSR count). The Balaban J connectivity index is 2.01. The van der Waals surface area contributed by atoms with Crippen LogP contribution in [0, 0.1) is 5.92 Å². The lowest BCUT2D eigenvalue weighted by Crippen LogP contribution is -2.61. The van der Waals surface area contributed by atoms with Gasteiger partial charge in [-0.1, -0.05) is 13.8 Å². The molecule has 2 aliphatic rings. The molecule has 2 fully saturated rings. The number of rotatable bonds is 8. The molecule has 4 heteroatoms. The fraction of sp³-hybridized carbons (Fsp3) is 0.938. The van der Waals surface area contributed by atoms with E-state index in [0.29, 0.717) is 6.04 Å². The lowest BCUT2D eigenvalue weighted by atomic mass is 9.77. The molecule has 0 radical (unpaired) electrons. The molecule has 2 atom stereocenters. The molecule has 0 aromatic carbocycles. The maximum absolute atomic E-state index is 12.0. The lowest BCUT2D eigenvalue weighted by molar-refractivity contribution is -0.126. The molecule has 116 valence electrons. The maximum Gasteiger partial charge on any atom is 0.237 e. The zero-order valence-electron chi connectivity index (χ0n) is 13.2. The van der Waals surface area contributed by atoms with Gasteiger partial charge in [0.15, 0.2) is 0 Å². The van der Waals surface area contributed by atoms with Gasteiger partial charge in [0.2, 0.25) is 5.91 Å². The van der Waals surface area contributed by atoms with E-state index in [1.807, 2.05) is 0 Å². The van der Waals surface area contributed by atoms with Crippen LogP contribution >= 0.6 is 0 Å². The van der Waals surface area contributed by atoms with Crippen LogP contribution in [0.25, 0.3) is 0 Å². The summed E-state index contributed by atoms with van der Waals surface area (Å²) in [5.74, 6) is 0.751. The highest BCUT2D eigenvalue weighted by Crippen LogP contribution is 2.35. The van der Waals surface area contributed by atoms with Gasteiger partial charge in [0, 0.05) is 12.6 Å².